The third kappa shape index (κ3) is 4.57. The van der Waals surface area contributed by atoms with Gasteiger partial charge in [0.1, 0.15) is 6.54 Å². The molecule has 20 heavy (non-hydrogen) atoms. The van der Waals surface area contributed by atoms with E-state index in [9.17, 15) is 22.8 Å². The summed E-state index contributed by atoms with van der Waals surface area (Å²) in [6.07, 6.45) is -4.50. The molecule has 0 radical (unpaired) electrons. The molecule has 0 aliphatic rings. The molecule has 0 aromatic rings. The van der Waals surface area contributed by atoms with Crippen LogP contribution in [0.3, 0.4) is 0 Å². The summed E-state index contributed by atoms with van der Waals surface area (Å²) in [5.74, 6) is -1.15. The minimum absolute atomic E-state index is 0.130. The molecule has 0 atom stereocenters. The first-order valence-corrected chi connectivity index (χ1v) is 6.12. The number of hydrogen-bond donors (Lipinski definition) is 2. The van der Waals surface area contributed by atoms with Crippen molar-refractivity contribution in [3.63, 3.8) is 0 Å². The summed E-state index contributed by atoms with van der Waals surface area (Å²) < 4.78 is 37.0. The van der Waals surface area contributed by atoms with Gasteiger partial charge < -0.3 is 15.3 Å². The molecule has 0 spiro atoms. The molecule has 0 saturated carbocycles. The summed E-state index contributed by atoms with van der Waals surface area (Å²) >= 11 is 0. The third-order valence-corrected chi connectivity index (χ3v) is 3.56. The van der Waals surface area contributed by atoms with Crippen LogP contribution < -0.4 is 5.32 Å². The zero-order valence-electron chi connectivity index (χ0n) is 12.3. The van der Waals surface area contributed by atoms with Crippen LogP contribution in [0, 0.1) is 5.41 Å². The summed E-state index contributed by atoms with van der Waals surface area (Å²) in [7, 11) is 0. The standard InChI is InChI=1S/C12H21F3N2O3/c1-6-17(7-12(13,14)15)9(20)16-11(4,5)10(2,3)8(18)19/h6-7H2,1-5H3,(H,16,20)(H,18,19). The molecule has 2 amide bonds. The van der Waals surface area contributed by atoms with Crippen molar-refractivity contribution in [2.45, 2.75) is 46.3 Å². The fourth-order valence-corrected chi connectivity index (χ4v) is 1.31. The van der Waals surface area contributed by atoms with E-state index in [2.05, 4.69) is 5.32 Å². The lowest BCUT2D eigenvalue weighted by Crippen LogP contribution is -2.60. The fraction of sp³-hybridized carbons (Fsp3) is 0.833. The van der Waals surface area contributed by atoms with Gasteiger partial charge in [0.15, 0.2) is 0 Å². The SMILES string of the molecule is CCN(CC(F)(F)F)C(=O)NC(C)(C)C(C)(C)C(=O)O. The van der Waals surface area contributed by atoms with Gasteiger partial charge in [-0.2, -0.15) is 13.2 Å². The van der Waals surface area contributed by atoms with Gasteiger partial charge in [-0.15, -0.1) is 0 Å². The number of urea groups is 1. The van der Waals surface area contributed by atoms with Crippen molar-refractivity contribution in [1.82, 2.24) is 10.2 Å². The van der Waals surface area contributed by atoms with Crippen LogP contribution in [0.1, 0.15) is 34.6 Å². The molecule has 0 rings (SSSR count). The predicted molar refractivity (Wildman–Crippen MR) is 67.3 cm³/mol. The second kappa shape index (κ2) is 5.88. The van der Waals surface area contributed by atoms with Crippen LogP contribution in [0.15, 0.2) is 0 Å². The van der Waals surface area contributed by atoms with Crippen molar-refractivity contribution in [2.75, 3.05) is 13.1 Å². The minimum atomic E-state index is -4.50. The number of carbonyl (C=O) groups excluding carboxylic acids is 1. The Hall–Kier alpha value is -1.47. The molecule has 0 unspecified atom stereocenters. The van der Waals surface area contributed by atoms with Gasteiger partial charge in [-0.3, -0.25) is 4.79 Å². The van der Waals surface area contributed by atoms with Crippen LogP contribution in [-0.2, 0) is 4.79 Å². The normalized spacial score (nSPS) is 13.0. The van der Waals surface area contributed by atoms with E-state index < -0.39 is 35.7 Å². The highest BCUT2D eigenvalue weighted by molar-refractivity contribution is 5.79. The Morgan fingerprint density at radius 2 is 1.60 bits per heavy atom. The molecule has 8 heteroatoms. The Kier molecular flexibility index (Phi) is 5.45. The molecular formula is C12H21F3N2O3. The van der Waals surface area contributed by atoms with E-state index in [1.165, 1.54) is 34.6 Å². The smallest absolute Gasteiger partial charge is 0.406 e. The van der Waals surface area contributed by atoms with Crippen molar-refractivity contribution < 1.29 is 27.9 Å². The lowest BCUT2D eigenvalue weighted by molar-refractivity contribution is -0.151. The summed E-state index contributed by atoms with van der Waals surface area (Å²) in [6.45, 7) is 5.63. The van der Waals surface area contributed by atoms with E-state index in [1.54, 1.807) is 0 Å². The Balaban J connectivity index is 5.01. The summed E-state index contributed by atoms with van der Waals surface area (Å²) in [5.41, 5.74) is -2.55. The largest absolute Gasteiger partial charge is 0.481 e. The second-order valence-electron chi connectivity index (χ2n) is 5.61. The lowest BCUT2D eigenvalue weighted by Gasteiger charge is -2.40. The van der Waals surface area contributed by atoms with Crippen molar-refractivity contribution in [3.8, 4) is 0 Å². The summed E-state index contributed by atoms with van der Waals surface area (Å²) in [6, 6.07) is -0.941. The van der Waals surface area contributed by atoms with E-state index >= 15 is 0 Å². The van der Waals surface area contributed by atoms with Crippen molar-refractivity contribution in [2.24, 2.45) is 5.41 Å². The Morgan fingerprint density at radius 3 is 1.90 bits per heavy atom. The Morgan fingerprint density at radius 1 is 1.15 bits per heavy atom. The van der Waals surface area contributed by atoms with Gasteiger partial charge in [-0.25, -0.2) is 4.79 Å². The van der Waals surface area contributed by atoms with E-state index in [0.717, 1.165) is 0 Å². The molecule has 0 aromatic carbocycles. The van der Waals surface area contributed by atoms with E-state index in [-0.39, 0.29) is 6.54 Å². The molecule has 0 bridgehead atoms. The number of amides is 2. The summed E-state index contributed by atoms with van der Waals surface area (Å²) in [4.78, 5) is 23.6. The maximum Gasteiger partial charge on any atom is 0.406 e. The van der Waals surface area contributed by atoms with Gasteiger partial charge >= 0.3 is 18.2 Å². The average molecular weight is 298 g/mol. The Labute approximate surface area is 116 Å². The van der Waals surface area contributed by atoms with Crippen LogP contribution in [0.4, 0.5) is 18.0 Å². The second-order valence-corrected chi connectivity index (χ2v) is 5.61. The van der Waals surface area contributed by atoms with Gasteiger partial charge in [-0.1, -0.05) is 0 Å². The monoisotopic (exact) mass is 298 g/mol. The summed E-state index contributed by atoms with van der Waals surface area (Å²) in [5, 5.41) is 11.5. The maximum absolute atomic E-state index is 12.3. The molecule has 2 N–H and O–H groups in total. The number of carboxylic acid groups (broad SMARTS) is 1. The lowest BCUT2D eigenvalue weighted by atomic mass is 9.74. The van der Waals surface area contributed by atoms with Crippen LogP contribution in [-0.4, -0.2) is 46.8 Å². The van der Waals surface area contributed by atoms with E-state index in [0.29, 0.717) is 4.90 Å². The van der Waals surface area contributed by atoms with Gasteiger partial charge in [0.05, 0.1) is 11.0 Å². The number of rotatable bonds is 5. The fourth-order valence-electron chi connectivity index (χ4n) is 1.31. The van der Waals surface area contributed by atoms with Crippen molar-refractivity contribution in [1.29, 1.82) is 0 Å². The number of nitrogens with one attached hydrogen (secondary N) is 1. The third-order valence-electron chi connectivity index (χ3n) is 3.56. The zero-order valence-corrected chi connectivity index (χ0v) is 12.3. The topological polar surface area (TPSA) is 69.6 Å². The number of aliphatic carboxylic acids is 1. The molecule has 5 nitrogen and oxygen atoms in total. The van der Waals surface area contributed by atoms with Crippen LogP contribution in [0.5, 0.6) is 0 Å². The predicted octanol–water partition coefficient (Wildman–Crippen LogP) is 2.47. The number of hydrogen-bond acceptors (Lipinski definition) is 2. The first kappa shape index (κ1) is 18.5. The highest BCUT2D eigenvalue weighted by Gasteiger charge is 2.45. The van der Waals surface area contributed by atoms with Gasteiger partial charge in [0.25, 0.3) is 0 Å². The number of nitrogens with zero attached hydrogens (tertiary/aromatic N) is 1. The molecule has 0 fully saturated rings. The van der Waals surface area contributed by atoms with Gasteiger partial charge in [0, 0.05) is 6.54 Å². The average Bonchev–Trinajstić information content (AvgIpc) is 2.23. The van der Waals surface area contributed by atoms with Crippen LogP contribution >= 0.6 is 0 Å². The van der Waals surface area contributed by atoms with E-state index in [1.807, 2.05) is 0 Å². The van der Waals surface area contributed by atoms with Crippen LogP contribution in [0.2, 0.25) is 0 Å². The highest BCUT2D eigenvalue weighted by Crippen LogP contribution is 2.31. The molecule has 0 saturated heterocycles. The van der Waals surface area contributed by atoms with Crippen molar-refractivity contribution in [3.05, 3.63) is 0 Å². The molecular weight excluding hydrogens is 277 g/mol. The first-order valence-electron chi connectivity index (χ1n) is 6.12. The van der Waals surface area contributed by atoms with E-state index in [4.69, 9.17) is 5.11 Å². The van der Waals surface area contributed by atoms with Gasteiger partial charge in [0.2, 0.25) is 0 Å². The number of carbonyl (C=O) groups is 2. The maximum atomic E-state index is 12.3. The molecule has 0 aliphatic carbocycles. The first-order chi connectivity index (χ1) is 8.74. The number of halogens is 3. The molecule has 0 aliphatic heterocycles. The number of carboxylic acids is 1. The minimum Gasteiger partial charge on any atom is -0.481 e. The van der Waals surface area contributed by atoms with Gasteiger partial charge in [-0.05, 0) is 34.6 Å². The van der Waals surface area contributed by atoms with Crippen molar-refractivity contribution >= 4 is 12.0 Å². The zero-order chi connectivity index (χ0) is 16.4. The van der Waals surface area contributed by atoms with Crippen LogP contribution in [0.25, 0.3) is 0 Å². The highest BCUT2D eigenvalue weighted by atomic mass is 19.4. The molecule has 118 valence electrons. The molecule has 0 heterocycles. The molecule has 0 aromatic heterocycles. The quantitative estimate of drug-likeness (QED) is 0.819. The number of alkyl halides is 3. The Bertz CT molecular complexity index is 379.